The van der Waals surface area contributed by atoms with Crippen molar-refractivity contribution < 1.29 is 9.47 Å². The second kappa shape index (κ2) is 5.55. The molecule has 1 N–H and O–H groups in total. The molecule has 3 rings (SSSR count). The molecule has 3 nitrogen and oxygen atoms in total. The summed E-state index contributed by atoms with van der Waals surface area (Å²) >= 11 is 0. The Morgan fingerprint density at radius 2 is 1.95 bits per heavy atom. The van der Waals surface area contributed by atoms with Gasteiger partial charge in [-0.25, -0.2) is 0 Å². The highest BCUT2D eigenvalue weighted by Gasteiger charge is 2.17. The normalized spacial score (nSPS) is 14.3. The molecule has 0 amide bonds. The molecular weight excluding hydrogens is 250 g/mol. The van der Waals surface area contributed by atoms with Crippen LogP contribution in [0.3, 0.4) is 0 Å². The summed E-state index contributed by atoms with van der Waals surface area (Å²) in [6, 6.07) is 14.8. The molecule has 0 aliphatic carbocycles. The van der Waals surface area contributed by atoms with Crippen LogP contribution in [0.25, 0.3) is 0 Å². The first-order valence-electron chi connectivity index (χ1n) is 6.92. The molecule has 1 unspecified atom stereocenters. The maximum Gasteiger partial charge on any atom is 0.231 e. The van der Waals surface area contributed by atoms with Crippen LogP contribution in [-0.4, -0.2) is 6.79 Å². The van der Waals surface area contributed by atoms with E-state index in [0.29, 0.717) is 12.8 Å². The van der Waals surface area contributed by atoms with Crippen molar-refractivity contribution in [2.45, 2.75) is 26.4 Å². The van der Waals surface area contributed by atoms with E-state index >= 15 is 0 Å². The number of fused-ring (bicyclic) bond motifs is 1. The standard InChI is InChI=1S/C17H19NO2/c1-12-6-3-4-8-15(12)13(2)18-10-14-7-5-9-16-17(14)20-11-19-16/h3-9,13,18H,10-11H2,1-2H3. The van der Waals surface area contributed by atoms with Gasteiger partial charge in [-0.3, -0.25) is 0 Å². The monoisotopic (exact) mass is 269 g/mol. The molecule has 2 aromatic carbocycles. The van der Waals surface area contributed by atoms with Gasteiger partial charge in [0.05, 0.1) is 0 Å². The minimum atomic E-state index is 0.300. The van der Waals surface area contributed by atoms with E-state index in [1.165, 1.54) is 11.1 Å². The van der Waals surface area contributed by atoms with Crippen molar-refractivity contribution in [3.63, 3.8) is 0 Å². The van der Waals surface area contributed by atoms with Gasteiger partial charge in [0.25, 0.3) is 0 Å². The van der Waals surface area contributed by atoms with Gasteiger partial charge in [-0.15, -0.1) is 0 Å². The van der Waals surface area contributed by atoms with E-state index in [1.54, 1.807) is 0 Å². The average Bonchev–Trinajstić information content (AvgIpc) is 2.94. The Bertz CT molecular complexity index is 610. The van der Waals surface area contributed by atoms with E-state index in [4.69, 9.17) is 9.47 Å². The van der Waals surface area contributed by atoms with Crippen molar-refractivity contribution in [1.29, 1.82) is 0 Å². The van der Waals surface area contributed by atoms with Gasteiger partial charge >= 0.3 is 0 Å². The summed E-state index contributed by atoms with van der Waals surface area (Å²) in [5, 5.41) is 3.55. The van der Waals surface area contributed by atoms with Gasteiger partial charge in [0.15, 0.2) is 11.5 Å². The van der Waals surface area contributed by atoms with Gasteiger partial charge in [-0.1, -0.05) is 36.4 Å². The number of hydrogen-bond donors (Lipinski definition) is 1. The predicted octanol–water partition coefficient (Wildman–Crippen LogP) is 3.57. The van der Waals surface area contributed by atoms with E-state index in [9.17, 15) is 0 Å². The first kappa shape index (κ1) is 13.0. The third kappa shape index (κ3) is 2.49. The minimum Gasteiger partial charge on any atom is -0.454 e. The zero-order valence-electron chi connectivity index (χ0n) is 11.8. The Hall–Kier alpha value is -2.00. The second-order valence-electron chi connectivity index (χ2n) is 5.11. The summed E-state index contributed by atoms with van der Waals surface area (Å²) in [5.74, 6) is 1.71. The molecule has 1 aliphatic heterocycles. The van der Waals surface area contributed by atoms with Crippen LogP contribution in [0.15, 0.2) is 42.5 Å². The van der Waals surface area contributed by atoms with Gasteiger partial charge in [-0.05, 0) is 31.0 Å². The lowest BCUT2D eigenvalue weighted by molar-refractivity contribution is 0.173. The molecular formula is C17H19NO2. The van der Waals surface area contributed by atoms with Crippen LogP contribution >= 0.6 is 0 Å². The Labute approximate surface area is 119 Å². The van der Waals surface area contributed by atoms with Crippen LogP contribution < -0.4 is 14.8 Å². The molecule has 0 aromatic heterocycles. The molecule has 0 fully saturated rings. The topological polar surface area (TPSA) is 30.5 Å². The molecule has 1 heterocycles. The molecule has 3 heteroatoms. The fraction of sp³-hybridized carbons (Fsp3) is 0.294. The van der Waals surface area contributed by atoms with Crippen LogP contribution in [0, 0.1) is 6.92 Å². The lowest BCUT2D eigenvalue weighted by Gasteiger charge is -2.17. The van der Waals surface area contributed by atoms with E-state index in [0.717, 1.165) is 23.6 Å². The largest absolute Gasteiger partial charge is 0.454 e. The van der Waals surface area contributed by atoms with Crippen molar-refractivity contribution in [2.24, 2.45) is 0 Å². The number of nitrogens with one attached hydrogen (secondary N) is 1. The Morgan fingerprint density at radius 1 is 1.10 bits per heavy atom. The first-order chi connectivity index (χ1) is 9.75. The lowest BCUT2D eigenvalue weighted by atomic mass is 10.0. The van der Waals surface area contributed by atoms with Gasteiger partial charge in [0, 0.05) is 18.2 Å². The first-order valence-corrected chi connectivity index (χ1v) is 6.92. The van der Waals surface area contributed by atoms with Crippen LogP contribution in [0.2, 0.25) is 0 Å². The summed E-state index contributed by atoms with van der Waals surface area (Å²) in [6.45, 7) is 5.41. The van der Waals surface area contributed by atoms with Crippen LogP contribution in [0.4, 0.5) is 0 Å². The van der Waals surface area contributed by atoms with Crippen LogP contribution in [0.5, 0.6) is 11.5 Å². The molecule has 0 saturated heterocycles. The third-order valence-corrected chi connectivity index (χ3v) is 3.73. The molecule has 0 spiro atoms. The number of para-hydroxylation sites is 1. The second-order valence-corrected chi connectivity index (χ2v) is 5.11. The summed E-state index contributed by atoms with van der Waals surface area (Å²) in [5.41, 5.74) is 3.78. The van der Waals surface area contributed by atoms with Gasteiger partial charge in [0.2, 0.25) is 6.79 Å². The maximum absolute atomic E-state index is 5.53. The molecule has 104 valence electrons. The highest BCUT2D eigenvalue weighted by atomic mass is 16.7. The van der Waals surface area contributed by atoms with Gasteiger partial charge in [-0.2, -0.15) is 0 Å². The number of benzene rings is 2. The third-order valence-electron chi connectivity index (χ3n) is 3.73. The van der Waals surface area contributed by atoms with Crippen LogP contribution in [-0.2, 0) is 6.54 Å². The zero-order valence-corrected chi connectivity index (χ0v) is 11.8. The summed E-state index contributed by atoms with van der Waals surface area (Å²) in [4.78, 5) is 0. The quantitative estimate of drug-likeness (QED) is 0.920. The Morgan fingerprint density at radius 3 is 2.80 bits per heavy atom. The average molecular weight is 269 g/mol. The maximum atomic E-state index is 5.53. The predicted molar refractivity (Wildman–Crippen MR) is 79.0 cm³/mol. The number of aryl methyl sites for hydroxylation is 1. The Balaban J connectivity index is 1.71. The molecule has 1 atom stereocenters. The lowest BCUT2D eigenvalue weighted by Crippen LogP contribution is -2.19. The van der Waals surface area contributed by atoms with E-state index < -0.39 is 0 Å². The fourth-order valence-electron chi connectivity index (χ4n) is 2.58. The molecule has 2 aromatic rings. The summed E-state index contributed by atoms with van der Waals surface area (Å²) in [6.07, 6.45) is 0. The molecule has 1 aliphatic rings. The highest BCUT2D eigenvalue weighted by molar-refractivity contribution is 5.48. The number of hydrogen-bond acceptors (Lipinski definition) is 3. The van der Waals surface area contributed by atoms with Gasteiger partial charge in [0.1, 0.15) is 0 Å². The van der Waals surface area contributed by atoms with Crippen molar-refractivity contribution in [1.82, 2.24) is 5.32 Å². The van der Waals surface area contributed by atoms with Crippen molar-refractivity contribution in [3.05, 3.63) is 59.2 Å². The van der Waals surface area contributed by atoms with E-state index in [1.807, 2.05) is 12.1 Å². The minimum absolute atomic E-state index is 0.300. The fourth-order valence-corrected chi connectivity index (χ4v) is 2.58. The number of rotatable bonds is 4. The van der Waals surface area contributed by atoms with Crippen LogP contribution in [0.1, 0.15) is 29.7 Å². The summed E-state index contributed by atoms with van der Waals surface area (Å²) < 4.78 is 10.9. The van der Waals surface area contributed by atoms with Crippen molar-refractivity contribution >= 4 is 0 Å². The smallest absolute Gasteiger partial charge is 0.231 e. The van der Waals surface area contributed by atoms with Crippen molar-refractivity contribution in [3.8, 4) is 11.5 Å². The highest BCUT2D eigenvalue weighted by Crippen LogP contribution is 2.35. The van der Waals surface area contributed by atoms with Gasteiger partial charge < -0.3 is 14.8 Å². The molecule has 0 saturated carbocycles. The Kier molecular flexibility index (Phi) is 3.61. The van der Waals surface area contributed by atoms with Crippen molar-refractivity contribution in [2.75, 3.05) is 6.79 Å². The molecule has 0 bridgehead atoms. The SMILES string of the molecule is Cc1ccccc1C(C)NCc1cccc2c1OCO2. The number of ether oxygens (including phenoxy) is 2. The molecule has 20 heavy (non-hydrogen) atoms. The van der Waals surface area contributed by atoms with E-state index in [2.05, 4.69) is 49.5 Å². The molecule has 0 radical (unpaired) electrons. The van der Waals surface area contributed by atoms with E-state index in [-0.39, 0.29) is 0 Å². The zero-order chi connectivity index (χ0) is 13.9. The summed E-state index contributed by atoms with van der Waals surface area (Å²) in [7, 11) is 0.